The number of amides is 1. The number of benzene rings is 1. The predicted octanol–water partition coefficient (Wildman–Crippen LogP) is 2.36. The first kappa shape index (κ1) is 17.6. The number of aromatic nitrogens is 4. The molecule has 2 aromatic heterocycles. The molecule has 2 unspecified atom stereocenters. The highest BCUT2D eigenvalue weighted by atomic mass is 16.3. The van der Waals surface area contributed by atoms with Crippen molar-refractivity contribution in [3.63, 3.8) is 0 Å². The largest absolute Gasteiger partial charge is 0.393 e. The van der Waals surface area contributed by atoms with E-state index in [-0.39, 0.29) is 11.8 Å². The molecule has 1 amide bonds. The Kier molecular flexibility index (Phi) is 4.61. The molecule has 4 rings (SSSR count). The van der Waals surface area contributed by atoms with E-state index < -0.39 is 6.10 Å². The minimum absolute atomic E-state index is 0.113. The van der Waals surface area contributed by atoms with Crippen LogP contribution in [0.1, 0.15) is 35.9 Å². The fourth-order valence-corrected chi connectivity index (χ4v) is 3.77. The summed E-state index contributed by atoms with van der Waals surface area (Å²) in [6, 6.07) is 9.68. The van der Waals surface area contributed by atoms with E-state index in [1.54, 1.807) is 22.7 Å². The summed E-state index contributed by atoms with van der Waals surface area (Å²) in [4.78, 5) is 19.2. The van der Waals surface area contributed by atoms with Crippen molar-refractivity contribution in [2.24, 2.45) is 5.92 Å². The summed E-state index contributed by atoms with van der Waals surface area (Å²) >= 11 is 0. The van der Waals surface area contributed by atoms with Crippen LogP contribution in [-0.4, -0.2) is 55.1 Å². The first-order chi connectivity index (χ1) is 13.1. The van der Waals surface area contributed by atoms with Crippen molar-refractivity contribution in [1.82, 2.24) is 24.9 Å². The Labute approximate surface area is 157 Å². The zero-order valence-corrected chi connectivity index (χ0v) is 15.5. The molecule has 1 N–H and O–H groups in total. The van der Waals surface area contributed by atoms with Crippen LogP contribution in [0, 0.1) is 12.8 Å². The van der Waals surface area contributed by atoms with Crippen molar-refractivity contribution in [1.29, 1.82) is 0 Å². The standard InChI is InChI=1S/C20H23N5O2/c1-13-19(20(27)24-11-5-6-15(12-24)14(2)26)22-23-25(13)18-9-3-8-17-16(18)7-4-10-21-17/h3-4,7-10,14-15,26H,5-6,11-12H2,1-2H3. The second-order valence-corrected chi connectivity index (χ2v) is 7.18. The third kappa shape index (κ3) is 3.19. The van der Waals surface area contributed by atoms with Gasteiger partial charge in [0.2, 0.25) is 0 Å². The van der Waals surface area contributed by atoms with Crippen molar-refractivity contribution in [2.45, 2.75) is 32.8 Å². The second-order valence-electron chi connectivity index (χ2n) is 7.18. The maximum absolute atomic E-state index is 13.0. The number of nitrogens with zero attached hydrogens (tertiary/aromatic N) is 5. The second kappa shape index (κ2) is 7.08. The van der Waals surface area contributed by atoms with Crippen molar-refractivity contribution in [3.8, 4) is 5.69 Å². The van der Waals surface area contributed by atoms with Gasteiger partial charge < -0.3 is 10.0 Å². The summed E-state index contributed by atoms with van der Waals surface area (Å²) in [5.74, 6) is -0.00958. The molecule has 0 spiro atoms. The molecule has 7 heteroatoms. The van der Waals surface area contributed by atoms with Gasteiger partial charge in [-0.2, -0.15) is 0 Å². The van der Waals surface area contributed by atoms with Gasteiger partial charge in [0.15, 0.2) is 5.69 Å². The fraction of sp³-hybridized carbons (Fsp3) is 0.400. The first-order valence-corrected chi connectivity index (χ1v) is 9.30. The van der Waals surface area contributed by atoms with Gasteiger partial charge in [0.05, 0.1) is 23.0 Å². The van der Waals surface area contributed by atoms with Gasteiger partial charge in [-0.25, -0.2) is 4.68 Å². The SMILES string of the molecule is Cc1c(C(=O)N2CCCC(C(C)O)C2)nnn1-c1cccc2ncccc12. The Morgan fingerprint density at radius 3 is 2.96 bits per heavy atom. The highest BCUT2D eigenvalue weighted by Gasteiger charge is 2.30. The summed E-state index contributed by atoms with van der Waals surface area (Å²) in [6.07, 6.45) is 3.17. The number of rotatable bonds is 3. The molecule has 1 saturated heterocycles. The van der Waals surface area contributed by atoms with Crippen molar-refractivity contribution < 1.29 is 9.90 Å². The molecule has 0 aliphatic carbocycles. The number of aliphatic hydroxyl groups is 1. The van der Waals surface area contributed by atoms with E-state index in [0.29, 0.717) is 24.5 Å². The molecule has 3 heterocycles. The smallest absolute Gasteiger partial charge is 0.276 e. The number of likely N-dealkylation sites (tertiary alicyclic amines) is 1. The normalized spacial score (nSPS) is 18.6. The number of piperidine rings is 1. The molecule has 3 aromatic rings. The van der Waals surface area contributed by atoms with Gasteiger partial charge in [-0.15, -0.1) is 5.10 Å². The molecular weight excluding hydrogens is 342 g/mol. The van der Waals surface area contributed by atoms with Crippen LogP contribution in [0.5, 0.6) is 0 Å². The first-order valence-electron chi connectivity index (χ1n) is 9.30. The monoisotopic (exact) mass is 365 g/mol. The Morgan fingerprint density at radius 2 is 2.15 bits per heavy atom. The number of hydrogen-bond donors (Lipinski definition) is 1. The third-order valence-corrected chi connectivity index (χ3v) is 5.38. The van der Waals surface area contributed by atoms with Crippen LogP contribution in [0.2, 0.25) is 0 Å². The average molecular weight is 365 g/mol. The number of pyridine rings is 1. The Morgan fingerprint density at radius 1 is 1.30 bits per heavy atom. The minimum atomic E-state index is -0.416. The van der Waals surface area contributed by atoms with E-state index in [2.05, 4.69) is 15.3 Å². The van der Waals surface area contributed by atoms with E-state index in [1.165, 1.54) is 0 Å². The molecule has 0 saturated carbocycles. The van der Waals surface area contributed by atoms with E-state index >= 15 is 0 Å². The molecule has 1 aromatic carbocycles. The molecular formula is C20H23N5O2. The van der Waals surface area contributed by atoms with Gasteiger partial charge in [-0.05, 0) is 51.0 Å². The highest BCUT2D eigenvalue weighted by Crippen LogP contribution is 2.24. The van der Waals surface area contributed by atoms with Crippen LogP contribution >= 0.6 is 0 Å². The van der Waals surface area contributed by atoms with E-state index in [9.17, 15) is 9.90 Å². The lowest BCUT2D eigenvalue weighted by Crippen LogP contribution is -2.43. The summed E-state index contributed by atoms with van der Waals surface area (Å²) in [7, 11) is 0. The van der Waals surface area contributed by atoms with Crippen LogP contribution in [-0.2, 0) is 0 Å². The highest BCUT2D eigenvalue weighted by molar-refractivity contribution is 5.94. The van der Waals surface area contributed by atoms with Gasteiger partial charge in [-0.3, -0.25) is 9.78 Å². The number of aliphatic hydroxyl groups excluding tert-OH is 1. The average Bonchev–Trinajstić information content (AvgIpc) is 3.08. The zero-order chi connectivity index (χ0) is 19.0. The Balaban J connectivity index is 1.67. The lowest BCUT2D eigenvalue weighted by molar-refractivity contribution is 0.0461. The summed E-state index contributed by atoms with van der Waals surface area (Å²) in [6.45, 7) is 4.89. The minimum Gasteiger partial charge on any atom is -0.393 e. The van der Waals surface area contributed by atoms with Crippen molar-refractivity contribution in [2.75, 3.05) is 13.1 Å². The van der Waals surface area contributed by atoms with Gasteiger partial charge in [0.25, 0.3) is 5.91 Å². The number of hydrogen-bond acceptors (Lipinski definition) is 5. The molecule has 1 aliphatic heterocycles. The summed E-state index contributed by atoms with van der Waals surface area (Å²) in [5, 5.41) is 19.3. The quantitative estimate of drug-likeness (QED) is 0.770. The molecule has 140 valence electrons. The maximum atomic E-state index is 13.0. The van der Waals surface area contributed by atoms with Crippen molar-refractivity contribution >= 4 is 16.8 Å². The van der Waals surface area contributed by atoms with Gasteiger partial charge in [0.1, 0.15) is 0 Å². The predicted molar refractivity (Wildman–Crippen MR) is 102 cm³/mol. The fourth-order valence-electron chi connectivity index (χ4n) is 3.77. The third-order valence-electron chi connectivity index (χ3n) is 5.38. The molecule has 0 radical (unpaired) electrons. The van der Waals surface area contributed by atoms with Crippen LogP contribution < -0.4 is 0 Å². The molecule has 0 bridgehead atoms. The number of fused-ring (bicyclic) bond motifs is 1. The molecule has 7 nitrogen and oxygen atoms in total. The lowest BCUT2D eigenvalue weighted by atomic mass is 9.93. The topological polar surface area (TPSA) is 84.1 Å². The van der Waals surface area contributed by atoms with Crippen LogP contribution in [0.3, 0.4) is 0 Å². The number of carbonyl (C=O) groups excluding carboxylic acids is 1. The Hall–Kier alpha value is -2.80. The van der Waals surface area contributed by atoms with E-state index in [1.807, 2.05) is 37.3 Å². The molecule has 1 aliphatic rings. The summed E-state index contributed by atoms with van der Waals surface area (Å²) in [5.41, 5.74) is 2.79. The van der Waals surface area contributed by atoms with E-state index in [0.717, 1.165) is 29.4 Å². The van der Waals surface area contributed by atoms with Gasteiger partial charge in [-0.1, -0.05) is 11.3 Å². The maximum Gasteiger partial charge on any atom is 0.276 e. The summed E-state index contributed by atoms with van der Waals surface area (Å²) < 4.78 is 1.70. The van der Waals surface area contributed by atoms with E-state index in [4.69, 9.17) is 0 Å². The molecule has 2 atom stereocenters. The molecule has 1 fully saturated rings. The van der Waals surface area contributed by atoms with Crippen LogP contribution in [0.25, 0.3) is 16.6 Å². The zero-order valence-electron chi connectivity index (χ0n) is 15.5. The van der Waals surface area contributed by atoms with Crippen molar-refractivity contribution in [3.05, 3.63) is 47.9 Å². The number of carbonyl (C=O) groups is 1. The van der Waals surface area contributed by atoms with Crippen LogP contribution in [0.15, 0.2) is 36.5 Å². The van der Waals surface area contributed by atoms with Gasteiger partial charge in [0, 0.05) is 30.6 Å². The van der Waals surface area contributed by atoms with Gasteiger partial charge >= 0.3 is 0 Å². The lowest BCUT2D eigenvalue weighted by Gasteiger charge is -2.33. The van der Waals surface area contributed by atoms with Crippen LogP contribution in [0.4, 0.5) is 0 Å². The Bertz CT molecular complexity index is 976. The molecule has 27 heavy (non-hydrogen) atoms.